The van der Waals surface area contributed by atoms with E-state index < -0.39 is 0 Å². The van der Waals surface area contributed by atoms with Gasteiger partial charge in [-0.25, -0.2) is 4.39 Å². The van der Waals surface area contributed by atoms with Crippen LogP contribution >= 0.6 is 0 Å². The fourth-order valence-electron chi connectivity index (χ4n) is 2.01. The normalized spacial score (nSPS) is 10.4. The van der Waals surface area contributed by atoms with Gasteiger partial charge in [0.1, 0.15) is 5.82 Å². The lowest BCUT2D eigenvalue weighted by atomic mass is 10.1. The van der Waals surface area contributed by atoms with Crippen molar-refractivity contribution in [3.63, 3.8) is 0 Å². The van der Waals surface area contributed by atoms with E-state index >= 15 is 0 Å². The second kappa shape index (κ2) is 5.65. The highest BCUT2D eigenvalue weighted by Gasteiger charge is 2.11. The van der Waals surface area contributed by atoms with Crippen LogP contribution in [-0.4, -0.2) is 6.54 Å². The predicted molar refractivity (Wildman–Crippen MR) is 73.4 cm³/mol. The van der Waals surface area contributed by atoms with E-state index in [-0.39, 0.29) is 5.82 Å². The smallest absolute Gasteiger partial charge is 0.146 e. The lowest BCUT2D eigenvalue weighted by molar-refractivity contribution is 0.625. The summed E-state index contributed by atoms with van der Waals surface area (Å²) < 4.78 is 13.8. The van der Waals surface area contributed by atoms with E-state index in [1.165, 1.54) is 6.07 Å². The van der Waals surface area contributed by atoms with Crippen molar-refractivity contribution in [1.82, 2.24) is 0 Å². The Balaban J connectivity index is 2.42. The first-order valence-corrected chi connectivity index (χ1v) is 6.07. The van der Waals surface area contributed by atoms with Crippen molar-refractivity contribution in [2.24, 2.45) is 5.73 Å². The van der Waals surface area contributed by atoms with E-state index in [0.717, 1.165) is 11.3 Å². The summed E-state index contributed by atoms with van der Waals surface area (Å²) in [5.74, 6) is -0.211. The van der Waals surface area contributed by atoms with Gasteiger partial charge in [0, 0.05) is 18.8 Å². The first-order valence-electron chi connectivity index (χ1n) is 6.07. The molecule has 2 rings (SSSR count). The molecule has 18 heavy (non-hydrogen) atoms. The number of hydrogen-bond acceptors (Lipinski definition) is 2. The zero-order valence-electron chi connectivity index (χ0n) is 10.4. The molecule has 94 valence electrons. The Morgan fingerprint density at radius 2 is 1.89 bits per heavy atom. The summed E-state index contributed by atoms with van der Waals surface area (Å²) in [7, 11) is 0. The molecular formula is C15H17FN2. The molecule has 2 aromatic carbocycles. The summed E-state index contributed by atoms with van der Waals surface area (Å²) >= 11 is 0. The molecule has 0 atom stereocenters. The Labute approximate surface area is 107 Å². The molecule has 0 spiro atoms. The maximum atomic E-state index is 13.8. The average molecular weight is 244 g/mol. The molecule has 0 heterocycles. The van der Waals surface area contributed by atoms with Crippen LogP contribution in [0.15, 0.2) is 48.5 Å². The molecule has 2 nitrogen and oxygen atoms in total. The summed E-state index contributed by atoms with van der Waals surface area (Å²) in [5.41, 5.74) is 8.24. The number of halogens is 1. The van der Waals surface area contributed by atoms with Gasteiger partial charge in [0.25, 0.3) is 0 Å². The molecule has 0 saturated carbocycles. The van der Waals surface area contributed by atoms with Gasteiger partial charge in [-0.15, -0.1) is 0 Å². The third-order valence-corrected chi connectivity index (χ3v) is 2.92. The molecule has 0 fully saturated rings. The minimum Gasteiger partial charge on any atom is -0.339 e. The van der Waals surface area contributed by atoms with Crippen LogP contribution in [0.1, 0.15) is 12.5 Å². The monoisotopic (exact) mass is 244 g/mol. The molecule has 0 bridgehead atoms. The molecule has 0 aliphatic heterocycles. The molecule has 0 radical (unpaired) electrons. The van der Waals surface area contributed by atoms with Gasteiger partial charge in [0.15, 0.2) is 0 Å². The summed E-state index contributed by atoms with van der Waals surface area (Å²) in [4.78, 5) is 1.94. The Kier molecular flexibility index (Phi) is 3.95. The fraction of sp³-hybridized carbons (Fsp3) is 0.200. The first-order chi connectivity index (χ1) is 8.76. The van der Waals surface area contributed by atoms with Crippen LogP contribution in [0.3, 0.4) is 0 Å². The molecule has 0 unspecified atom stereocenters. The van der Waals surface area contributed by atoms with Gasteiger partial charge in [0.2, 0.25) is 0 Å². The van der Waals surface area contributed by atoms with E-state index in [4.69, 9.17) is 5.73 Å². The van der Waals surface area contributed by atoms with Crippen LogP contribution < -0.4 is 10.6 Å². The first kappa shape index (κ1) is 12.6. The second-order valence-corrected chi connectivity index (χ2v) is 4.07. The van der Waals surface area contributed by atoms with Gasteiger partial charge in [-0.1, -0.05) is 24.3 Å². The fourth-order valence-corrected chi connectivity index (χ4v) is 2.01. The van der Waals surface area contributed by atoms with Gasteiger partial charge in [-0.3, -0.25) is 0 Å². The number of nitrogens with two attached hydrogens (primary N) is 1. The molecule has 2 aromatic rings. The number of hydrogen-bond donors (Lipinski definition) is 1. The highest BCUT2D eigenvalue weighted by molar-refractivity contribution is 5.64. The molecule has 0 saturated heterocycles. The maximum Gasteiger partial charge on any atom is 0.146 e. The van der Waals surface area contributed by atoms with Gasteiger partial charge >= 0.3 is 0 Å². The van der Waals surface area contributed by atoms with Crippen molar-refractivity contribution in [2.75, 3.05) is 11.4 Å². The van der Waals surface area contributed by atoms with Gasteiger partial charge in [-0.2, -0.15) is 0 Å². The van der Waals surface area contributed by atoms with E-state index in [2.05, 4.69) is 0 Å². The van der Waals surface area contributed by atoms with Crippen molar-refractivity contribution < 1.29 is 4.39 Å². The van der Waals surface area contributed by atoms with Crippen molar-refractivity contribution in [3.05, 3.63) is 59.9 Å². The second-order valence-electron chi connectivity index (χ2n) is 4.07. The van der Waals surface area contributed by atoms with Gasteiger partial charge in [0.05, 0.1) is 5.69 Å². The minimum absolute atomic E-state index is 0.211. The van der Waals surface area contributed by atoms with E-state index in [9.17, 15) is 4.39 Å². The van der Waals surface area contributed by atoms with Crippen molar-refractivity contribution in [3.8, 4) is 0 Å². The number of nitrogens with zero attached hydrogens (tertiary/aromatic N) is 1. The number of rotatable bonds is 4. The van der Waals surface area contributed by atoms with Crippen LogP contribution in [0.5, 0.6) is 0 Å². The lowest BCUT2D eigenvalue weighted by Crippen LogP contribution is -2.17. The molecular weight excluding hydrogens is 227 g/mol. The Morgan fingerprint density at radius 3 is 2.56 bits per heavy atom. The van der Waals surface area contributed by atoms with Crippen LogP contribution in [0.2, 0.25) is 0 Å². The summed E-state index contributed by atoms with van der Waals surface area (Å²) in [6, 6.07) is 14.7. The third-order valence-electron chi connectivity index (χ3n) is 2.92. The molecule has 0 aromatic heterocycles. The highest BCUT2D eigenvalue weighted by atomic mass is 19.1. The average Bonchev–Trinajstić information content (AvgIpc) is 2.42. The molecule has 2 N–H and O–H groups in total. The van der Waals surface area contributed by atoms with Crippen LogP contribution in [0.4, 0.5) is 15.8 Å². The van der Waals surface area contributed by atoms with Crippen molar-refractivity contribution in [1.29, 1.82) is 0 Å². The Bertz CT molecular complexity index is 525. The largest absolute Gasteiger partial charge is 0.339 e. The zero-order valence-corrected chi connectivity index (χ0v) is 10.4. The lowest BCUT2D eigenvalue weighted by Gasteiger charge is -2.24. The Morgan fingerprint density at radius 1 is 1.11 bits per heavy atom. The molecule has 0 aliphatic carbocycles. The molecule has 3 heteroatoms. The highest BCUT2D eigenvalue weighted by Crippen LogP contribution is 2.27. The van der Waals surface area contributed by atoms with Crippen LogP contribution in [0, 0.1) is 5.82 Å². The minimum atomic E-state index is -0.211. The predicted octanol–water partition coefficient (Wildman–Crippen LogP) is 3.44. The summed E-state index contributed by atoms with van der Waals surface area (Å²) in [6.07, 6.45) is 0. The SMILES string of the molecule is CCN(c1cccc(CN)c1)c1ccccc1F. The molecule has 0 aliphatic rings. The topological polar surface area (TPSA) is 29.3 Å². The zero-order chi connectivity index (χ0) is 13.0. The quantitative estimate of drug-likeness (QED) is 0.892. The number of benzene rings is 2. The number of para-hydroxylation sites is 1. The summed E-state index contributed by atoms with van der Waals surface area (Å²) in [5, 5.41) is 0. The summed E-state index contributed by atoms with van der Waals surface area (Å²) in [6.45, 7) is 3.19. The van der Waals surface area contributed by atoms with Crippen molar-refractivity contribution in [2.45, 2.75) is 13.5 Å². The van der Waals surface area contributed by atoms with Gasteiger partial charge in [-0.05, 0) is 36.8 Å². The maximum absolute atomic E-state index is 13.8. The van der Waals surface area contributed by atoms with Crippen LogP contribution in [0.25, 0.3) is 0 Å². The standard InChI is InChI=1S/C15H17FN2/c1-2-18(15-9-4-3-8-14(15)16)13-7-5-6-12(10-13)11-17/h3-10H,2,11,17H2,1H3. The van der Waals surface area contributed by atoms with E-state index in [1.54, 1.807) is 12.1 Å². The third kappa shape index (κ3) is 2.51. The number of anilines is 2. The van der Waals surface area contributed by atoms with Gasteiger partial charge < -0.3 is 10.6 Å². The van der Waals surface area contributed by atoms with Crippen molar-refractivity contribution >= 4 is 11.4 Å². The Hall–Kier alpha value is -1.87. The van der Waals surface area contributed by atoms with E-state index in [1.807, 2.05) is 42.2 Å². The van der Waals surface area contributed by atoms with E-state index in [0.29, 0.717) is 18.8 Å². The van der Waals surface area contributed by atoms with Crippen LogP contribution in [-0.2, 0) is 6.54 Å². The molecule has 0 amide bonds.